The molecule has 0 unspecified atom stereocenters. The topological polar surface area (TPSA) is 109 Å². The molecule has 3 rings (SSSR count). The lowest BCUT2D eigenvalue weighted by Gasteiger charge is -2.05. The van der Waals surface area contributed by atoms with Crippen molar-refractivity contribution in [3.63, 3.8) is 0 Å². The van der Waals surface area contributed by atoms with Crippen molar-refractivity contribution in [2.24, 2.45) is 10.7 Å². The monoisotopic (exact) mass is 362 g/mol. The Hall–Kier alpha value is -2.83. The lowest BCUT2D eigenvalue weighted by molar-refractivity contribution is 0.415. The number of methoxy groups -OCH3 is 1. The van der Waals surface area contributed by atoms with Crippen molar-refractivity contribution in [3.05, 3.63) is 58.8 Å². The number of amidine groups is 1. The summed E-state index contributed by atoms with van der Waals surface area (Å²) in [5.74, 6) is 1.69. The molecule has 7 heteroatoms. The molecule has 0 amide bonds. The maximum atomic E-state index is 12.4. The van der Waals surface area contributed by atoms with E-state index in [0.29, 0.717) is 28.3 Å². The highest BCUT2D eigenvalue weighted by Crippen LogP contribution is 2.26. The number of nitrogens with two attached hydrogens (primary N) is 1. The van der Waals surface area contributed by atoms with Crippen LogP contribution in [0.1, 0.15) is 6.92 Å². The Morgan fingerprint density at radius 2 is 1.80 bits per heavy atom. The fourth-order valence-electron chi connectivity index (χ4n) is 2.31. The Bertz CT molecular complexity index is 945. The van der Waals surface area contributed by atoms with Gasteiger partial charge in [0.15, 0.2) is 5.43 Å². The second-order valence-electron chi connectivity index (χ2n) is 5.14. The van der Waals surface area contributed by atoms with Crippen LogP contribution >= 0.6 is 12.4 Å². The van der Waals surface area contributed by atoms with Gasteiger partial charge in [0, 0.05) is 11.6 Å². The molecule has 1 aromatic heterocycles. The quantitative estimate of drug-likeness (QED) is 0.570. The molecule has 0 saturated heterocycles. The Labute approximate surface area is 150 Å². The summed E-state index contributed by atoms with van der Waals surface area (Å²) in [4.78, 5) is 16.5. The van der Waals surface area contributed by atoms with E-state index in [4.69, 9.17) is 14.9 Å². The molecule has 4 N–H and O–H groups in total. The van der Waals surface area contributed by atoms with Crippen molar-refractivity contribution in [2.75, 3.05) is 7.11 Å². The molecule has 0 aliphatic heterocycles. The highest BCUT2D eigenvalue weighted by molar-refractivity contribution is 5.86. The average molecular weight is 363 g/mol. The van der Waals surface area contributed by atoms with Gasteiger partial charge in [-0.3, -0.25) is 4.79 Å². The van der Waals surface area contributed by atoms with E-state index in [1.807, 2.05) is 24.3 Å². The van der Waals surface area contributed by atoms with Gasteiger partial charge in [-0.15, -0.1) is 12.4 Å². The van der Waals surface area contributed by atoms with Gasteiger partial charge in [-0.2, -0.15) is 0 Å². The Kier molecular flexibility index (Phi) is 6.73. The fourth-order valence-corrected chi connectivity index (χ4v) is 2.31. The van der Waals surface area contributed by atoms with E-state index in [-0.39, 0.29) is 23.3 Å². The lowest BCUT2D eigenvalue weighted by atomic mass is 10.1. The van der Waals surface area contributed by atoms with Gasteiger partial charge in [-0.1, -0.05) is 0 Å². The zero-order chi connectivity index (χ0) is 16.4. The van der Waals surface area contributed by atoms with Crippen LogP contribution in [0.2, 0.25) is 0 Å². The minimum Gasteiger partial charge on any atom is -0.497 e. The molecule has 2 aromatic carbocycles. The predicted molar refractivity (Wildman–Crippen MR) is 102 cm³/mol. The molecule has 6 nitrogen and oxygen atoms in total. The van der Waals surface area contributed by atoms with E-state index in [1.165, 1.54) is 6.07 Å². The number of hydrogen-bond acceptors (Lipinski definition) is 4. The second kappa shape index (κ2) is 8.32. The van der Waals surface area contributed by atoms with E-state index in [2.05, 4.69) is 4.99 Å². The van der Waals surface area contributed by atoms with Crippen molar-refractivity contribution in [1.29, 1.82) is 0 Å². The van der Waals surface area contributed by atoms with E-state index >= 15 is 0 Å². The number of hydrogen-bond donors (Lipinski definition) is 1. The third-order valence-corrected chi connectivity index (χ3v) is 3.39. The van der Waals surface area contributed by atoms with Crippen molar-refractivity contribution >= 4 is 34.9 Å². The molecule has 132 valence electrons. The third-order valence-electron chi connectivity index (χ3n) is 3.39. The van der Waals surface area contributed by atoms with Gasteiger partial charge in [0.1, 0.15) is 17.1 Å². The number of rotatable bonds is 3. The molecule has 0 saturated carbocycles. The predicted octanol–water partition coefficient (Wildman–Crippen LogP) is 3.07. The summed E-state index contributed by atoms with van der Waals surface area (Å²) in [7, 11) is 1.61. The standard InChI is InChI=1S/C18H16N2O3.ClH.H2O/c1-11(19)20-13-5-8-17-15(9-13)16(21)10-18(23-17)12-3-6-14(22-2)7-4-12;;/h3-10H,1-2H3,(H2,19,20);1H;1H2. The smallest absolute Gasteiger partial charge is 0.193 e. The SMILES string of the molecule is COc1ccc(-c2cc(=O)c3cc(N=C(C)N)ccc3o2)cc1.Cl.O. The van der Waals surface area contributed by atoms with Gasteiger partial charge >= 0.3 is 0 Å². The van der Waals surface area contributed by atoms with Crippen LogP contribution in [0, 0.1) is 0 Å². The first kappa shape index (κ1) is 20.2. The number of ether oxygens (including phenoxy) is 1. The average Bonchev–Trinajstić information content (AvgIpc) is 2.55. The van der Waals surface area contributed by atoms with Crippen LogP contribution in [0.3, 0.4) is 0 Å². The zero-order valence-corrected chi connectivity index (χ0v) is 14.6. The summed E-state index contributed by atoms with van der Waals surface area (Å²) < 4.78 is 11.0. The van der Waals surface area contributed by atoms with Crippen LogP contribution in [-0.4, -0.2) is 18.4 Å². The largest absolute Gasteiger partial charge is 0.497 e. The summed E-state index contributed by atoms with van der Waals surface area (Å²) in [6, 6.07) is 14.0. The molecule has 1 heterocycles. The summed E-state index contributed by atoms with van der Waals surface area (Å²) in [6.07, 6.45) is 0. The molecular weight excluding hydrogens is 344 g/mol. The molecule has 0 aliphatic rings. The van der Waals surface area contributed by atoms with Gasteiger partial charge < -0.3 is 20.4 Å². The van der Waals surface area contributed by atoms with Gasteiger partial charge in [-0.25, -0.2) is 4.99 Å². The Morgan fingerprint density at radius 3 is 2.40 bits per heavy atom. The number of halogens is 1. The molecular formula is C18H19ClN2O4. The lowest BCUT2D eigenvalue weighted by Crippen LogP contribution is -2.04. The highest BCUT2D eigenvalue weighted by Gasteiger charge is 2.08. The van der Waals surface area contributed by atoms with Gasteiger partial charge in [0.05, 0.1) is 24.0 Å². The molecule has 25 heavy (non-hydrogen) atoms. The summed E-state index contributed by atoms with van der Waals surface area (Å²) in [5, 5.41) is 0.477. The molecule has 3 aromatic rings. The van der Waals surface area contributed by atoms with E-state index in [0.717, 1.165) is 11.3 Å². The number of fused-ring (bicyclic) bond motifs is 1. The minimum atomic E-state index is -0.121. The molecule has 0 aliphatic carbocycles. The van der Waals surface area contributed by atoms with E-state index in [1.54, 1.807) is 32.2 Å². The van der Waals surface area contributed by atoms with Gasteiger partial charge in [-0.05, 0) is 49.4 Å². The van der Waals surface area contributed by atoms with E-state index in [9.17, 15) is 4.79 Å². The number of aliphatic imine (C=N–C) groups is 1. The Morgan fingerprint density at radius 1 is 1.12 bits per heavy atom. The van der Waals surface area contributed by atoms with Crippen molar-refractivity contribution in [1.82, 2.24) is 0 Å². The summed E-state index contributed by atoms with van der Waals surface area (Å²) in [5.41, 5.74) is 7.39. The van der Waals surface area contributed by atoms with Crippen LogP contribution in [0.5, 0.6) is 5.75 Å². The maximum Gasteiger partial charge on any atom is 0.193 e. The molecule has 0 atom stereocenters. The molecule has 0 radical (unpaired) electrons. The zero-order valence-electron chi connectivity index (χ0n) is 13.8. The van der Waals surface area contributed by atoms with Crippen LogP contribution in [-0.2, 0) is 0 Å². The van der Waals surface area contributed by atoms with Crippen molar-refractivity contribution in [2.45, 2.75) is 6.92 Å². The van der Waals surface area contributed by atoms with Crippen LogP contribution < -0.4 is 15.9 Å². The summed E-state index contributed by atoms with van der Waals surface area (Å²) >= 11 is 0. The molecule has 0 bridgehead atoms. The molecule has 0 spiro atoms. The fraction of sp³-hybridized carbons (Fsp3) is 0.111. The summed E-state index contributed by atoms with van der Waals surface area (Å²) in [6.45, 7) is 1.69. The van der Waals surface area contributed by atoms with Crippen LogP contribution in [0.15, 0.2) is 62.7 Å². The minimum absolute atomic E-state index is 0. The van der Waals surface area contributed by atoms with Crippen LogP contribution in [0.4, 0.5) is 5.69 Å². The Balaban J connectivity index is 0.00000156. The first-order valence-corrected chi connectivity index (χ1v) is 7.10. The second-order valence-corrected chi connectivity index (χ2v) is 5.14. The number of nitrogens with zero attached hydrogens (tertiary/aromatic N) is 1. The van der Waals surface area contributed by atoms with Crippen molar-refractivity contribution in [3.8, 4) is 17.1 Å². The van der Waals surface area contributed by atoms with Gasteiger partial charge in [0.25, 0.3) is 0 Å². The first-order valence-electron chi connectivity index (χ1n) is 7.10. The van der Waals surface area contributed by atoms with Crippen LogP contribution in [0.25, 0.3) is 22.3 Å². The van der Waals surface area contributed by atoms with Crippen molar-refractivity contribution < 1.29 is 14.6 Å². The highest BCUT2D eigenvalue weighted by atomic mass is 35.5. The third kappa shape index (κ3) is 4.37. The maximum absolute atomic E-state index is 12.4. The van der Waals surface area contributed by atoms with Gasteiger partial charge in [0.2, 0.25) is 0 Å². The first-order chi connectivity index (χ1) is 11.1. The number of benzene rings is 2. The van der Waals surface area contributed by atoms with E-state index < -0.39 is 0 Å². The molecule has 0 fully saturated rings. The normalized spacial score (nSPS) is 10.7.